The van der Waals surface area contributed by atoms with Crippen molar-refractivity contribution in [2.75, 3.05) is 31.2 Å². The summed E-state index contributed by atoms with van der Waals surface area (Å²) in [5.41, 5.74) is 1.93. The minimum atomic E-state index is 0.764. The lowest BCUT2D eigenvalue weighted by Crippen LogP contribution is -2.37. The molecule has 1 aliphatic rings. The minimum Gasteiger partial charge on any atom is -0.378 e. The second-order valence-electron chi connectivity index (χ2n) is 4.27. The molecule has 3 heterocycles. The second kappa shape index (κ2) is 3.96. The largest absolute Gasteiger partial charge is 0.378 e. The summed E-state index contributed by atoms with van der Waals surface area (Å²) >= 11 is 0. The van der Waals surface area contributed by atoms with Gasteiger partial charge in [-0.05, 0) is 25.5 Å². The number of nitrogens with zero attached hydrogens (tertiary/aromatic N) is 5. The molecule has 0 radical (unpaired) electrons. The number of fused-ring (bicyclic) bond motifs is 1. The molecule has 0 aliphatic carbocycles. The molecular formula is C11H15N5O. The van der Waals surface area contributed by atoms with Crippen molar-refractivity contribution in [1.82, 2.24) is 19.8 Å². The molecule has 2 aromatic heterocycles. The molecule has 2 aromatic rings. The van der Waals surface area contributed by atoms with Gasteiger partial charge in [-0.1, -0.05) is 0 Å². The van der Waals surface area contributed by atoms with Gasteiger partial charge in [0, 0.05) is 13.1 Å². The normalized spacial score (nSPS) is 16.7. The summed E-state index contributed by atoms with van der Waals surface area (Å²) in [7, 11) is 0. The first-order valence-corrected chi connectivity index (χ1v) is 5.78. The molecule has 0 atom stereocenters. The summed E-state index contributed by atoms with van der Waals surface area (Å²) in [6.07, 6.45) is 0. The van der Waals surface area contributed by atoms with Gasteiger partial charge in [-0.2, -0.15) is 4.52 Å². The van der Waals surface area contributed by atoms with Crippen molar-refractivity contribution in [2.45, 2.75) is 13.8 Å². The SMILES string of the molecule is Cc1cc2nnc(C)n2nc1N1CCOCC1. The highest BCUT2D eigenvalue weighted by molar-refractivity contribution is 5.52. The van der Waals surface area contributed by atoms with Gasteiger partial charge in [0.05, 0.1) is 13.2 Å². The molecule has 17 heavy (non-hydrogen) atoms. The first kappa shape index (κ1) is 10.5. The van der Waals surface area contributed by atoms with Crippen LogP contribution in [0.15, 0.2) is 6.07 Å². The maximum atomic E-state index is 5.36. The number of hydrogen-bond donors (Lipinski definition) is 0. The number of rotatable bonds is 1. The van der Waals surface area contributed by atoms with Gasteiger partial charge in [0.2, 0.25) is 0 Å². The van der Waals surface area contributed by atoms with Crippen molar-refractivity contribution < 1.29 is 4.74 Å². The Labute approximate surface area is 99.2 Å². The van der Waals surface area contributed by atoms with E-state index in [9.17, 15) is 0 Å². The lowest BCUT2D eigenvalue weighted by atomic mass is 10.2. The number of ether oxygens (including phenoxy) is 1. The monoisotopic (exact) mass is 233 g/mol. The van der Waals surface area contributed by atoms with Crippen molar-refractivity contribution >= 4 is 11.5 Å². The van der Waals surface area contributed by atoms with E-state index in [2.05, 4.69) is 27.1 Å². The maximum Gasteiger partial charge on any atom is 0.178 e. The molecule has 3 rings (SSSR count). The predicted octanol–water partition coefficient (Wildman–Crippen LogP) is 0.578. The fraction of sp³-hybridized carbons (Fsp3) is 0.545. The van der Waals surface area contributed by atoms with Crippen molar-refractivity contribution in [3.8, 4) is 0 Å². The van der Waals surface area contributed by atoms with Crippen LogP contribution in [0, 0.1) is 13.8 Å². The van der Waals surface area contributed by atoms with E-state index >= 15 is 0 Å². The molecule has 6 nitrogen and oxygen atoms in total. The molecule has 1 fully saturated rings. The Bertz CT molecular complexity index is 544. The summed E-state index contributed by atoms with van der Waals surface area (Å²) < 4.78 is 7.15. The summed E-state index contributed by atoms with van der Waals surface area (Å²) in [5, 5.41) is 12.7. The maximum absolute atomic E-state index is 5.36. The second-order valence-corrected chi connectivity index (χ2v) is 4.27. The van der Waals surface area contributed by atoms with Gasteiger partial charge >= 0.3 is 0 Å². The summed E-state index contributed by atoms with van der Waals surface area (Å²) in [4.78, 5) is 2.25. The fourth-order valence-corrected chi connectivity index (χ4v) is 2.11. The number of aryl methyl sites for hydroxylation is 2. The van der Waals surface area contributed by atoms with Crippen LogP contribution in [0.1, 0.15) is 11.4 Å². The number of aromatic nitrogens is 4. The Hall–Kier alpha value is -1.69. The van der Waals surface area contributed by atoms with Crippen LogP contribution in [0.2, 0.25) is 0 Å². The zero-order chi connectivity index (χ0) is 11.8. The van der Waals surface area contributed by atoms with E-state index < -0.39 is 0 Å². The van der Waals surface area contributed by atoms with E-state index in [1.165, 1.54) is 0 Å². The molecule has 1 aliphatic heterocycles. The Balaban J connectivity index is 2.07. The molecule has 0 amide bonds. The third kappa shape index (κ3) is 1.74. The highest BCUT2D eigenvalue weighted by atomic mass is 16.5. The average Bonchev–Trinajstić information content (AvgIpc) is 2.70. The van der Waals surface area contributed by atoms with Crippen LogP contribution in [0.4, 0.5) is 5.82 Å². The quantitative estimate of drug-likeness (QED) is 0.721. The first-order chi connectivity index (χ1) is 8.25. The topological polar surface area (TPSA) is 55.5 Å². The Morgan fingerprint density at radius 3 is 2.71 bits per heavy atom. The van der Waals surface area contributed by atoms with Crippen molar-refractivity contribution in [3.05, 3.63) is 17.5 Å². The molecule has 0 bridgehead atoms. The van der Waals surface area contributed by atoms with Crippen LogP contribution in [0.3, 0.4) is 0 Å². The van der Waals surface area contributed by atoms with Gasteiger partial charge in [0.15, 0.2) is 17.3 Å². The molecule has 90 valence electrons. The third-order valence-electron chi connectivity index (χ3n) is 3.02. The Kier molecular flexibility index (Phi) is 2.44. The number of hydrogen-bond acceptors (Lipinski definition) is 5. The average molecular weight is 233 g/mol. The van der Waals surface area contributed by atoms with E-state index in [1.54, 1.807) is 4.52 Å². The zero-order valence-corrected chi connectivity index (χ0v) is 10.1. The van der Waals surface area contributed by atoms with Gasteiger partial charge in [0.25, 0.3) is 0 Å². The van der Waals surface area contributed by atoms with E-state index in [0.717, 1.165) is 49.2 Å². The summed E-state index contributed by atoms with van der Waals surface area (Å²) in [6, 6.07) is 2.03. The van der Waals surface area contributed by atoms with Crippen LogP contribution in [0.5, 0.6) is 0 Å². The minimum absolute atomic E-state index is 0.764. The van der Waals surface area contributed by atoms with E-state index in [-0.39, 0.29) is 0 Å². The highest BCUT2D eigenvalue weighted by Crippen LogP contribution is 2.19. The van der Waals surface area contributed by atoms with Gasteiger partial charge in [-0.3, -0.25) is 0 Å². The lowest BCUT2D eigenvalue weighted by Gasteiger charge is -2.28. The van der Waals surface area contributed by atoms with Crippen LogP contribution in [-0.2, 0) is 4.74 Å². The Morgan fingerprint density at radius 2 is 1.94 bits per heavy atom. The van der Waals surface area contributed by atoms with E-state index in [1.807, 2.05) is 13.0 Å². The van der Waals surface area contributed by atoms with E-state index in [0.29, 0.717) is 0 Å². The van der Waals surface area contributed by atoms with Gasteiger partial charge in [0.1, 0.15) is 0 Å². The molecule has 0 N–H and O–H groups in total. The van der Waals surface area contributed by atoms with Crippen molar-refractivity contribution in [3.63, 3.8) is 0 Å². The first-order valence-electron chi connectivity index (χ1n) is 5.78. The lowest BCUT2D eigenvalue weighted by molar-refractivity contribution is 0.122. The Morgan fingerprint density at radius 1 is 1.18 bits per heavy atom. The molecule has 0 unspecified atom stereocenters. The molecule has 6 heteroatoms. The van der Waals surface area contributed by atoms with Crippen molar-refractivity contribution in [2.24, 2.45) is 0 Å². The molecule has 0 saturated carbocycles. The van der Waals surface area contributed by atoms with Gasteiger partial charge < -0.3 is 9.64 Å². The molecule has 0 spiro atoms. The highest BCUT2D eigenvalue weighted by Gasteiger charge is 2.16. The fourth-order valence-electron chi connectivity index (χ4n) is 2.11. The van der Waals surface area contributed by atoms with Crippen LogP contribution >= 0.6 is 0 Å². The summed E-state index contributed by atoms with van der Waals surface area (Å²) in [5.74, 6) is 1.82. The van der Waals surface area contributed by atoms with Crippen LogP contribution < -0.4 is 4.90 Å². The predicted molar refractivity (Wildman–Crippen MR) is 63.3 cm³/mol. The number of morpholine rings is 1. The molecule has 1 saturated heterocycles. The number of anilines is 1. The van der Waals surface area contributed by atoms with Gasteiger partial charge in [-0.25, -0.2) is 0 Å². The van der Waals surface area contributed by atoms with Crippen molar-refractivity contribution in [1.29, 1.82) is 0 Å². The standard InChI is InChI=1S/C11H15N5O/c1-8-7-10-13-12-9(2)16(10)14-11(8)15-3-5-17-6-4-15/h7H,3-6H2,1-2H3. The van der Waals surface area contributed by atoms with E-state index in [4.69, 9.17) is 4.74 Å². The molecular weight excluding hydrogens is 218 g/mol. The third-order valence-corrected chi connectivity index (χ3v) is 3.02. The van der Waals surface area contributed by atoms with Crippen LogP contribution in [-0.4, -0.2) is 46.1 Å². The zero-order valence-electron chi connectivity index (χ0n) is 10.1. The van der Waals surface area contributed by atoms with Gasteiger partial charge in [-0.15, -0.1) is 15.3 Å². The summed E-state index contributed by atoms with van der Waals surface area (Å²) in [6.45, 7) is 7.27. The smallest absolute Gasteiger partial charge is 0.178 e. The molecule has 0 aromatic carbocycles. The van der Waals surface area contributed by atoms with Crippen LogP contribution in [0.25, 0.3) is 5.65 Å².